The Balaban J connectivity index is 3.09. The number of hydrogen-bond donors (Lipinski definition) is 1. The monoisotopic (exact) mass is 204 g/mol. The van der Waals surface area contributed by atoms with Gasteiger partial charge < -0.3 is 9.94 Å². The average Bonchev–Trinajstić information content (AvgIpc) is 2.25. The van der Waals surface area contributed by atoms with Crippen LogP contribution in [0.25, 0.3) is 0 Å². The van der Waals surface area contributed by atoms with Crippen LogP contribution in [0.4, 0.5) is 0 Å². The van der Waals surface area contributed by atoms with Crippen LogP contribution >= 0.6 is 0 Å². The second-order valence-electron chi connectivity index (χ2n) is 3.13. The minimum absolute atomic E-state index is 0.0187. The Labute approximate surface area is 88.4 Å². The summed E-state index contributed by atoms with van der Waals surface area (Å²) in [6, 6.07) is 7.40. The maximum atomic E-state index is 8.67. The summed E-state index contributed by atoms with van der Waals surface area (Å²) in [4.78, 5) is 0. The predicted molar refractivity (Wildman–Crippen MR) is 56.3 cm³/mol. The van der Waals surface area contributed by atoms with E-state index in [1.807, 2.05) is 19.1 Å². The van der Waals surface area contributed by atoms with Gasteiger partial charge >= 0.3 is 0 Å². The van der Waals surface area contributed by atoms with Crippen molar-refractivity contribution in [1.82, 2.24) is 0 Å². The molecule has 0 bridgehead atoms. The number of aryl methyl sites for hydroxylation is 1. The first-order valence-electron chi connectivity index (χ1n) is 4.48. The average molecular weight is 204 g/mol. The third-order valence-corrected chi connectivity index (χ3v) is 1.97. The first-order valence-corrected chi connectivity index (χ1v) is 4.48. The van der Waals surface area contributed by atoms with Crippen LogP contribution in [-0.2, 0) is 0 Å². The molecule has 4 nitrogen and oxygen atoms in total. The summed E-state index contributed by atoms with van der Waals surface area (Å²) in [5.74, 6) is 0.562. The third-order valence-electron chi connectivity index (χ3n) is 1.97. The number of hydrogen-bond acceptors (Lipinski definition) is 4. The third kappa shape index (κ3) is 2.71. The smallest absolute Gasteiger partial charge is 0.174 e. The van der Waals surface area contributed by atoms with Crippen molar-refractivity contribution in [3.63, 3.8) is 0 Å². The normalized spacial score (nSPS) is 10.9. The van der Waals surface area contributed by atoms with Crippen LogP contribution in [0.3, 0.4) is 0 Å². The fourth-order valence-corrected chi connectivity index (χ4v) is 1.21. The number of rotatable bonds is 3. The molecule has 78 valence electrons. The summed E-state index contributed by atoms with van der Waals surface area (Å²) in [5, 5.41) is 20.2. The van der Waals surface area contributed by atoms with E-state index in [0.29, 0.717) is 17.0 Å². The highest BCUT2D eigenvalue weighted by Gasteiger charge is 2.07. The Morgan fingerprint density at radius 3 is 2.93 bits per heavy atom. The largest absolute Gasteiger partial charge is 0.478 e. The van der Waals surface area contributed by atoms with Crippen molar-refractivity contribution in [2.75, 3.05) is 6.61 Å². The maximum Gasteiger partial charge on any atom is 0.174 e. The zero-order chi connectivity index (χ0) is 11.3. The summed E-state index contributed by atoms with van der Waals surface area (Å²) in [6.45, 7) is 3.58. The highest BCUT2D eigenvalue weighted by atomic mass is 16.5. The molecular weight excluding hydrogens is 192 g/mol. The van der Waals surface area contributed by atoms with Crippen molar-refractivity contribution in [2.24, 2.45) is 5.16 Å². The van der Waals surface area contributed by atoms with Crippen LogP contribution in [0.2, 0.25) is 0 Å². The van der Waals surface area contributed by atoms with E-state index in [2.05, 4.69) is 5.16 Å². The van der Waals surface area contributed by atoms with E-state index in [1.54, 1.807) is 19.1 Å². The highest BCUT2D eigenvalue weighted by molar-refractivity contribution is 6.00. The van der Waals surface area contributed by atoms with E-state index in [0.717, 1.165) is 5.56 Å². The van der Waals surface area contributed by atoms with Gasteiger partial charge in [-0.15, -0.1) is 0 Å². The van der Waals surface area contributed by atoms with Crippen LogP contribution in [0.1, 0.15) is 18.1 Å². The van der Waals surface area contributed by atoms with Crippen molar-refractivity contribution in [3.05, 3.63) is 29.3 Å². The molecule has 0 aliphatic heterocycles. The molecule has 0 spiro atoms. The summed E-state index contributed by atoms with van der Waals surface area (Å²) >= 11 is 0. The number of oxime groups is 1. The quantitative estimate of drug-likeness (QED) is 0.465. The molecule has 1 aromatic carbocycles. The second kappa shape index (κ2) is 5.01. The molecule has 1 N–H and O–H groups in total. The van der Waals surface area contributed by atoms with E-state index in [9.17, 15) is 0 Å². The van der Waals surface area contributed by atoms with Gasteiger partial charge in [-0.3, -0.25) is 0 Å². The zero-order valence-corrected chi connectivity index (χ0v) is 8.69. The molecule has 15 heavy (non-hydrogen) atoms. The summed E-state index contributed by atoms with van der Waals surface area (Å²) in [5.41, 5.74) is 2.18. The van der Waals surface area contributed by atoms with Crippen LogP contribution in [0.5, 0.6) is 5.75 Å². The van der Waals surface area contributed by atoms with Gasteiger partial charge in [-0.1, -0.05) is 11.2 Å². The first kappa shape index (κ1) is 11.1. The van der Waals surface area contributed by atoms with E-state index < -0.39 is 0 Å². The molecule has 1 rings (SSSR count). The molecule has 0 aromatic heterocycles. The Hall–Kier alpha value is -2.02. The Bertz CT molecular complexity index is 419. The molecule has 0 aliphatic rings. The molecular formula is C11H12N2O2. The van der Waals surface area contributed by atoms with Crippen LogP contribution < -0.4 is 4.74 Å². The van der Waals surface area contributed by atoms with Gasteiger partial charge in [0.1, 0.15) is 11.8 Å². The fraction of sp³-hybridized carbons (Fsp3) is 0.273. The lowest BCUT2D eigenvalue weighted by Crippen LogP contribution is -2.02. The van der Waals surface area contributed by atoms with Gasteiger partial charge in [-0.2, -0.15) is 5.26 Å². The Morgan fingerprint density at radius 1 is 1.60 bits per heavy atom. The van der Waals surface area contributed by atoms with Crippen molar-refractivity contribution >= 4 is 5.71 Å². The lowest BCUT2D eigenvalue weighted by Gasteiger charge is -2.08. The zero-order valence-electron chi connectivity index (χ0n) is 8.69. The number of nitrogens with zero attached hydrogens (tertiary/aromatic N) is 2. The lowest BCUT2D eigenvalue weighted by atomic mass is 10.1. The first-order chi connectivity index (χ1) is 7.19. The molecule has 0 unspecified atom stereocenters. The molecule has 0 fully saturated rings. The molecule has 0 aliphatic carbocycles. The van der Waals surface area contributed by atoms with Crippen LogP contribution in [0, 0.1) is 18.3 Å². The van der Waals surface area contributed by atoms with Crippen molar-refractivity contribution < 1.29 is 9.94 Å². The van der Waals surface area contributed by atoms with Crippen molar-refractivity contribution in [3.8, 4) is 11.8 Å². The Morgan fingerprint density at radius 2 is 2.33 bits per heavy atom. The minimum Gasteiger partial charge on any atom is -0.478 e. The molecule has 0 saturated carbocycles. The van der Waals surface area contributed by atoms with Gasteiger partial charge in [0.15, 0.2) is 6.61 Å². The van der Waals surface area contributed by atoms with Gasteiger partial charge in [0.25, 0.3) is 0 Å². The van der Waals surface area contributed by atoms with Gasteiger partial charge in [-0.25, -0.2) is 0 Å². The predicted octanol–water partition coefficient (Wildman–Crippen LogP) is 2.10. The van der Waals surface area contributed by atoms with Crippen molar-refractivity contribution in [1.29, 1.82) is 5.26 Å². The van der Waals surface area contributed by atoms with Gasteiger partial charge in [0.05, 0.1) is 5.71 Å². The molecule has 0 amide bonds. The second-order valence-corrected chi connectivity index (χ2v) is 3.13. The summed E-state index contributed by atoms with van der Waals surface area (Å²) < 4.78 is 5.24. The van der Waals surface area contributed by atoms with Crippen LogP contribution in [-0.4, -0.2) is 17.5 Å². The number of nitriles is 1. The fourth-order valence-electron chi connectivity index (χ4n) is 1.21. The molecule has 0 heterocycles. The van der Waals surface area contributed by atoms with E-state index in [4.69, 9.17) is 15.2 Å². The van der Waals surface area contributed by atoms with Gasteiger partial charge in [-0.05, 0) is 31.5 Å². The van der Waals surface area contributed by atoms with Crippen LogP contribution in [0.15, 0.2) is 23.4 Å². The molecule has 4 heteroatoms. The number of benzene rings is 1. The van der Waals surface area contributed by atoms with E-state index in [1.165, 1.54) is 0 Å². The molecule has 0 saturated heterocycles. The van der Waals surface area contributed by atoms with Gasteiger partial charge in [0.2, 0.25) is 0 Å². The molecule has 0 radical (unpaired) electrons. The Kier molecular flexibility index (Phi) is 3.69. The number of ether oxygens (including phenoxy) is 1. The summed E-state index contributed by atoms with van der Waals surface area (Å²) in [7, 11) is 0. The topological polar surface area (TPSA) is 65.6 Å². The lowest BCUT2D eigenvalue weighted by molar-refractivity contribution is 0.318. The maximum absolute atomic E-state index is 8.67. The summed E-state index contributed by atoms with van der Waals surface area (Å²) in [6.07, 6.45) is 0. The molecule has 0 atom stereocenters. The SMILES string of the molecule is CC(=NO)c1ccc(C)cc1OCC#N. The highest BCUT2D eigenvalue weighted by Crippen LogP contribution is 2.21. The van der Waals surface area contributed by atoms with Gasteiger partial charge in [0, 0.05) is 5.56 Å². The van der Waals surface area contributed by atoms with Crippen molar-refractivity contribution in [2.45, 2.75) is 13.8 Å². The minimum atomic E-state index is -0.0187. The molecule has 1 aromatic rings. The standard InChI is InChI=1S/C11H12N2O2/c1-8-3-4-10(9(2)13-14)11(7-8)15-6-5-12/h3-4,7,14H,6H2,1-2H3. The van der Waals surface area contributed by atoms with E-state index >= 15 is 0 Å². The van der Waals surface area contributed by atoms with E-state index in [-0.39, 0.29) is 6.61 Å².